The fraction of sp³-hybridized carbons (Fsp3) is 0.167. The molecule has 0 N–H and O–H groups in total. The second-order valence-electron chi connectivity index (χ2n) is 1.25. The van der Waals surface area contributed by atoms with E-state index in [1.54, 1.807) is 12.4 Å². The van der Waals surface area contributed by atoms with Crippen molar-refractivity contribution in [3.05, 3.63) is 23.6 Å². The lowest BCUT2D eigenvalue weighted by Crippen LogP contribution is -1.77. The first kappa shape index (κ1) is 7.50. The zero-order chi connectivity index (χ0) is 6.41. The first-order valence-electron chi connectivity index (χ1n) is 2.17. The second kappa shape index (κ2) is 4.65. The third kappa shape index (κ3) is 2.64. The van der Waals surface area contributed by atoms with E-state index in [9.17, 15) is 4.79 Å². The van der Waals surface area contributed by atoms with Gasteiger partial charge >= 0.3 is 0 Å². The Kier molecular flexibility index (Phi) is 4.36. The van der Waals surface area contributed by atoms with E-state index in [0.717, 1.165) is 0 Å². The van der Waals surface area contributed by atoms with Crippen molar-refractivity contribution in [2.75, 3.05) is 0 Å². The Morgan fingerprint density at radius 1 is 1.88 bits per heavy atom. The Morgan fingerprint density at radius 2 is 2.50 bits per heavy atom. The van der Waals surface area contributed by atoms with Gasteiger partial charge in [-0.3, -0.25) is 4.79 Å². The van der Waals surface area contributed by atoms with Crippen molar-refractivity contribution in [2.45, 2.75) is 6.42 Å². The molecule has 0 amide bonds. The number of allylic oxidation sites excluding steroid dienone is 2. The van der Waals surface area contributed by atoms with Crippen LogP contribution in [0, 0.1) is 0 Å². The van der Waals surface area contributed by atoms with Gasteiger partial charge in [-0.25, -0.2) is 0 Å². The van der Waals surface area contributed by atoms with Gasteiger partial charge in [0.05, 0.1) is 0 Å². The summed E-state index contributed by atoms with van der Waals surface area (Å²) in [5, 5.41) is 1.43. The summed E-state index contributed by atoms with van der Waals surface area (Å²) < 4.78 is 0. The molecule has 0 saturated heterocycles. The Bertz CT molecular complexity index is 116. The molecule has 0 saturated carbocycles. The molecule has 0 aromatic carbocycles. The summed E-state index contributed by atoms with van der Waals surface area (Å²) in [4.78, 5) is 9.84. The maximum atomic E-state index is 9.84. The Morgan fingerprint density at radius 3 is 2.62 bits per heavy atom. The molecule has 0 rings (SSSR count). The molecule has 2 heteroatoms. The van der Waals surface area contributed by atoms with Crippen LogP contribution in [0.3, 0.4) is 0 Å². The lowest BCUT2D eigenvalue weighted by atomic mass is 10.2. The van der Waals surface area contributed by atoms with Crippen molar-refractivity contribution in [2.24, 2.45) is 0 Å². The predicted octanol–water partition coefficient (Wildman–Crippen LogP) is 1.49. The van der Waals surface area contributed by atoms with Gasteiger partial charge in [-0.05, 0) is 11.8 Å². The summed E-state index contributed by atoms with van der Waals surface area (Å²) in [5.74, 6) is 0. The third-order valence-corrected chi connectivity index (χ3v) is 0.963. The van der Waals surface area contributed by atoms with Crippen LogP contribution in [0.2, 0.25) is 0 Å². The zero-order valence-electron chi connectivity index (χ0n) is 4.42. The minimum absolute atomic E-state index is 0.531. The van der Waals surface area contributed by atoms with Crippen LogP contribution < -0.4 is 0 Å². The van der Waals surface area contributed by atoms with Gasteiger partial charge in [0.1, 0.15) is 0 Å². The zero-order valence-corrected chi connectivity index (χ0v) is 5.32. The van der Waals surface area contributed by atoms with Gasteiger partial charge in [0.25, 0.3) is 0 Å². The minimum atomic E-state index is 0.531. The number of carbonyl (C=O) groups excluding carboxylic acids is 1. The molecule has 43 valence electrons. The molecule has 8 heavy (non-hydrogen) atoms. The second-order valence-corrected chi connectivity index (χ2v) is 1.51. The first-order chi connectivity index (χ1) is 3.85. The van der Waals surface area contributed by atoms with Crippen LogP contribution in [0.15, 0.2) is 23.6 Å². The largest absolute Gasteiger partial charge is 0.285 e. The van der Waals surface area contributed by atoms with Crippen molar-refractivity contribution in [1.82, 2.24) is 0 Å². The lowest BCUT2D eigenvalue weighted by molar-refractivity contribution is 0.561. The van der Waals surface area contributed by atoms with Crippen LogP contribution in [-0.2, 0) is 4.79 Å². The van der Waals surface area contributed by atoms with Crippen molar-refractivity contribution in [1.29, 1.82) is 0 Å². The van der Waals surface area contributed by atoms with E-state index >= 15 is 0 Å². The van der Waals surface area contributed by atoms with Crippen molar-refractivity contribution >= 4 is 18.9 Å². The molecule has 1 nitrogen and oxygen atoms in total. The highest BCUT2D eigenvalue weighted by Crippen LogP contribution is 1.98. The molecule has 0 spiro atoms. The molecule has 0 atom stereocenters. The smallest absolute Gasteiger partial charge is 0.230 e. The molecule has 0 aromatic rings. The molecule has 0 aliphatic heterocycles. The standard InChI is InChI=1S/C6H7OS/c1-2-3-6(4-7)5-8/h2,5,8H,1,3H2. The van der Waals surface area contributed by atoms with Gasteiger partial charge in [-0.2, -0.15) is 12.6 Å². The van der Waals surface area contributed by atoms with E-state index in [2.05, 4.69) is 19.2 Å². The fourth-order valence-electron chi connectivity index (χ4n) is 0.276. The average Bonchev–Trinajstić information content (AvgIpc) is 1.83. The van der Waals surface area contributed by atoms with Crippen LogP contribution in [0.5, 0.6) is 0 Å². The van der Waals surface area contributed by atoms with Crippen molar-refractivity contribution in [3.63, 3.8) is 0 Å². The van der Waals surface area contributed by atoms with Gasteiger partial charge in [0.2, 0.25) is 6.29 Å². The van der Waals surface area contributed by atoms with Crippen molar-refractivity contribution in [3.8, 4) is 0 Å². The minimum Gasteiger partial charge on any atom is -0.285 e. The monoisotopic (exact) mass is 127 g/mol. The molecule has 0 bridgehead atoms. The molecule has 0 aliphatic carbocycles. The highest BCUT2D eigenvalue weighted by atomic mass is 32.1. The van der Waals surface area contributed by atoms with E-state index in [1.807, 2.05) is 0 Å². The van der Waals surface area contributed by atoms with Gasteiger partial charge in [-0.1, -0.05) is 6.08 Å². The summed E-state index contributed by atoms with van der Waals surface area (Å²) in [6, 6.07) is 0. The molecule has 1 radical (unpaired) electrons. The van der Waals surface area contributed by atoms with Gasteiger partial charge < -0.3 is 0 Å². The van der Waals surface area contributed by atoms with E-state index in [-0.39, 0.29) is 0 Å². The van der Waals surface area contributed by atoms with E-state index in [1.165, 1.54) is 5.41 Å². The topological polar surface area (TPSA) is 17.1 Å². The fourth-order valence-corrected chi connectivity index (χ4v) is 0.434. The quantitative estimate of drug-likeness (QED) is 0.345. The summed E-state index contributed by atoms with van der Waals surface area (Å²) in [6.45, 7) is 3.44. The van der Waals surface area contributed by atoms with Crippen LogP contribution in [0.4, 0.5) is 0 Å². The lowest BCUT2D eigenvalue weighted by Gasteiger charge is -1.84. The molecular formula is C6H7OS. The summed E-state index contributed by atoms with van der Waals surface area (Å²) in [7, 11) is 0. The Balaban J connectivity index is 3.71. The van der Waals surface area contributed by atoms with Crippen LogP contribution in [0.1, 0.15) is 6.42 Å². The molecular weight excluding hydrogens is 120 g/mol. The number of hydrogen-bond acceptors (Lipinski definition) is 2. The molecule has 0 aliphatic rings. The molecule has 0 fully saturated rings. The van der Waals surface area contributed by atoms with Crippen LogP contribution >= 0.6 is 12.6 Å². The summed E-state index contributed by atoms with van der Waals surface area (Å²) >= 11 is 3.76. The first-order valence-corrected chi connectivity index (χ1v) is 2.69. The summed E-state index contributed by atoms with van der Waals surface area (Å²) in [6.07, 6.45) is 3.90. The van der Waals surface area contributed by atoms with Gasteiger partial charge in [0, 0.05) is 5.57 Å². The predicted molar refractivity (Wildman–Crippen MR) is 37.6 cm³/mol. The maximum absolute atomic E-state index is 9.84. The van der Waals surface area contributed by atoms with E-state index in [0.29, 0.717) is 12.0 Å². The normalized spacial score (nSPS) is 10.9. The third-order valence-electron chi connectivity index (χ3n) is 0.651. The van der Waals surface area contributed by atoms with Gasteiger partial charge in [0.15, 0.2) is 0 Å². The number of rotatable bonds is 3. The van der Waals surface area contributed by atoms with Crippen LogP contribution in [0.25, 0.3) is 0 Å². The number of thiol groups is 1. The Labute approximate surface area is 54.5 Å². The van der Waals surface area contributed by atoms with Gasteiger partial charge in [-0.15, -0.1) is 6.58 Å². The number of hydrogen-bond donors (Lipinski definition) is 1. The van der Waals surface area contributed by atoms with E-state index < -0.39 is 0 Å². The molecule has 0 aromatic heterocycles. The highest BCUT2D eigenvalue weighted by molar-refractivity contribution is 7.83. The Hall–Kier alpha value is -0.500. The highest BCUT2D eigenvalue weighted by Gasteiger charge is 1.87. The summed E-state index contributed by atoms with van der Waals surface area (Å²) in [5.41, 5.74) is 0.531. The molecule has 0 unspecified atom stereocenters. The van der Waals surface area contributed by atoms with Crippen LogP contribution in [-0.4, -0.2) is 6.29 Å². The maximum Gasteiger partial charge on any atom is 0.230 e. The molecule has 0 heterocycles. The SMILES string of the molecule is C=CCC([C]=O)=CS. The average molecular weight is 127 g/mol. The van der Waals surface area contributed by atoms with Crippen molar-refractivity contribution < 1.29 is 4.79 Å². The van der Waals surface area contributed by atoms with E-state index in [4.69, 9.17) is 0 Å².